The Kier molecular flexibility index (Phi) is 6.75. The molecule has 1 aromatic heterocycles. The molecular weight excluding hydrogens is 482 g/mol. The number of hydrazine groups is 1. The maximum atomic E-state index is 12.3. The molecule has 0 aliphatic rings. The zero-order valence-electron chi connectivity index (χ0n) is 16.9. The van der Waals surface area contributed by atoms with E-state index in [2.05, 4.69) is 10.4 Å². The van der Waals surface area contributed by atoms with Crippen LogP contribution in [0.3, 0.4) is 0 Å². The molecule has 8 nitrogen and oxygen atoms in total. The number of rotatable bonds is 8. The molecule has 0 radical (unpaired) electrons. The van der Waals surface area contributed by atoms with Crippen LogP contribution in [0.2, 0.25) is 0 Å². The van der Waals surface area contributed by atoms with E-state index in [0.717, 1.165) is 32.3 Å². The Morgan fingerprint density at radius 2 is 1.61 bits per heavy atom. The van der Waals surface area contributed by atoms with Gasteiger partial charge in [-0.3, -0.25) is 10.2 Å². The predicted octanol–water partition coefficient (Wildman–Crippen LogP) is 3.91. The Balaban J connectivity index is 1.33. The van der Waals surface area contributed by atoms with Crippen molar-refractivity contribution < 1.29 is 23.1 Å². The Labute approximate surface area is 197 Å². The third-order valence-corrected chi connectivity index (χ3v) is 8.08. The number of para-hydroxylation sites is 1. The molecule has 0 saturated heterocycles. The molecule has 0 unspecified atom stereocenters. The van der Waals surface area contributed by atoms with E-state index in [4.69, 9.17) is 5.11 Å². The molecule has 0 aliphatic carbocycles. The van der Waals surface area contributed by atoms with Crippen molar-refractivity contribution in [2.75, 3.05) is 0 Å². The maximum Gasteiger partial charge on any atom is 0.335 e. The van der Waals surface area contributed by atoms with E-state index in [0.29, 0.717) is 5.75 Å². The van der Waals surface area contributed by atoms with Gasteiger partial charge in [0.2, 0.25) is 0 Å². The second kappa shape index (κ2) is 9.71. The summed E-state index contributed by atoms with van der Waals surface area (Å²) in [6, 6.07) is 19.4. The van der Waals surface area contributed by atoms with Gasteiger partial charge < -0.3 is 5.11 Å². The van der Waals surface area contributed by atoms with Gasteiger partial charge >= 0.3 is 5.97 Å². The van der Waals surface area contributed by atoms with Crippen LogP contribution in [0.15, 0.2) is 82.0 Å². The fourth-order valence-electron chi connectivity index (χ4n) is 2.83. The van der Waals surface area contributed by atoms with Gasteiger partial charge in [0.05, 0.1) is 20.7 Å². The van der Waals surface area contributed by atoms with Gasteiger partial charge in [-0.2, -0.15) is 0 Å². The first-order valence-corrected chi connectivity index (χ1v) is 12.8. The molecule has 0 aliphatic heterocycles. The highest BCUT2D eigenvalue weighted by Gasteiger charge is 2.16. The third-order valence-electron chi connectivity index (χ3n) is 4.56. The van der Waals surface area contributed by atoms with Gasteiger partial charge in [-0.15, -0.1) is 16.2 Å². The summed E-state index contributed by atoms with van der Waals surface area (Å²) in [5.74, 6) is -1.10. The Hall–Kier alpha value is -3.25. The van der Waals surface area contributed by atoms with Gasteiger partial charge in [0, 0.05) is 11.3 Å². The number of nitrogens with one attached hydrogen (secondary N) is 2. The Bertz CT molecular complexity index is 1380. The molecule has 0 saturated carbocycles. The molecule has 0 atom stereocenters. The number of hydrogen-bond donors (Lipinski definition) is 3. The smallest absolute Gasteiger partial charge is 0.335 e. The first-order chi connectivity index (χ1) is 15.8. The molecule has 4 aromatic rings. The minimum Gasteiger partial charge on any atom is -0.478 e. The van der Waals surface area contributed by atoms with Crippen LogP contribution in [0, 0.1) is 0 Å². The number of amides is 1. The summed E-state index contributed by atoms with van der Waals surface area (Å²) in [4.78, 5) is 29.6. The van der Waals surface area contributed by atoms with Gasteiger partial charge in [0.1, 0.15) is 0 Å². The molecule has 3 N–H and O–H groups in total. The molecule has 33 heavy (non-hydrogen) atoms. The minimum atomic E-state index is -4.05. The van der Waals surface area contributed by atoms with Crippen LogP contribution in [-0.4, -0.2) is 30.4 Å². The fourth-order valence-corrected chi connectivity index (χ4v) is 5.70. The van der Waals surface area contributed by atoms with Gasteiger partial charge in [0.25, 0.3) is 15.9 Å². The van der Waals surface area contributed by atoms with Crippen LogP contribution in [0.4, 0.5) is 0 Å². The average molecular weight is 500 g/mol. The van der Waals surface area contributed by atoms with Crippen molar-refractivity contribution in [2.24, 2.45) is 0 Å². The van der Waals surface area contributed by atoms with E-state index >= 15 is 0 Å². The van der Waals surface area contributed by atoms with Crippen molar-refractivity contribution in [1.82, 2.24) is 15.2 Å². The van der Waals surface area contributed by atoms with Crippen molar-refractivity contribution in [3.05, 3.63) is 89.5 Å². The van der Waals surface area contributed by atoms with Crippen LogP contribution in [0.5, 0.6) is 0 Å². The fraction of sp³-hybridized carbons (Fsp3) is 0.0455. The lowest BCUT2D eigenvalue weighted by molar-refractivity contribution is 0.0696. The topological polar surface area (TPSA) is 125 Å². The summed E-state index contributed by atoms with van der Waals surface area (Å²) in [7, 11) is -4.05. The number of carbonyl (C=O) groups excluding carboxylic acids is 1. The molecule has 4 rings (SSSR count). The molecule has 1 heterocycles. The van der Waals surface area contributed by atoms with Crippen molar-refractivity contribution in [3.63, 3.8) is 0 Å². The van der Waals surface area contributed by atoms with Gasteiger partial charge in [-0.05, 0) is 54.1 Å². The lowest BCUT2D eigenvalue weighted by atomic mass is 10.1. The molecule has 168 valence electrons. The maximum absolute atomic E-state index is 12.3. The van der Waals surface area contributed by atoms with E-state index in [1.807, 2.05) is 29.1 Å². The highest BCUT2D eigenvalue weighted by molar-refractivity contribution is 8.00. The quantitative estimate of drug-likeness (QED) is 0.248. The second-order valence-corrected chi connectivity index (χ2v) is 10.8. The highest BCUT2D eigenvalue weighted by Crippen LogP contribution is 2.31. The number of fused-ring (bicyclic) bond motifs is 1. The Morgan fingerprint density at radius 1 is 0.939 bits per heavy atom. The van der Waals surface area contributed by atoms with Crippen molar-refractivity contribution in [1.29, 1.82) is 0 Å². The number of nitrogens with zero attached hydrogens (tertiary/aromatic N) is 1. The minimum absolute atomic E-state index is 0.0422. The standard InChI is InChI=1S/C22H17N3O5S3/c26-20(24-25-33(29,30)17-11-9-16(10-12-17)21(27)28)15-7-5-14(6-8-15)13-31-22-23-18-3-1-2-4-19(18)32-22/h1-12,25H,13H2,(H,24,26)(H,27,28). The second-order valence-electron chi connectivity index (χ2n) is 6.82. The predicted molar refractivity (Wildman–Crippen MR) is 127 cm³/mol. The summed E-state index contributed by atoms with van der Waals surface area (Å²) >= 11 is 3.23. The van der Waals surface area contributed by atoms with E-state index < -0.39 is 21.9 Å². The number of carbonyl (C=O) groups is 2. The van der Waals surface area contributed by atoms with Crippen LogP contribution in [0.25, 0.3) is 10.2 Å². The molecule has 0 bridgehead atoms. The monoisotopic (exact) mass is 499 g/mol. The number of sulfonamides is 1. The molecule has 0 fully saturated rings. The normalized spacial score (nSPS) is 11.4. The van der Waals surface area contributed by atoms with E-state index in [1.165, 1.54) is 12.1 Å². The third kappa shape index (κ3) is 5.57. The van der Waals surface area contributed by atoms with Gasteiger partial charge in [0.15, 0.2) is 4.34 Å². The lowest BCUT2D eigenvalue weighted by Crippen LogP contribution is -2.41. The van der Waals surface area contributed by atoms with Gasteiger partial charge in [-0.1, -0.05) is 36.0 Å². The van der Waals surface area contributed by atoms with Crippen molar-refractivity contribution >= 4 is 55.2 Å². The molecule has 0 spiro atoms. The molecule has 1 amide bonds. The largest absolute Gasteiger partial charge is 0.478 e. The first kappa shape index (κ1) is 22.9. The van der Waals surface area contributed by atoms with Crippen LogP contribution >= 0.6 is 23.1 Å². The van der Waals surface area contributed by atoms with Crippen molar-refractivity contribution in [3.8, 4) is 0 Å². The summed E-state index contributed by atoms with van der Waals surface area (Å²) < 4.78 is 26.7. The van der Waals surface area contributed by atoms with Crippen LogP contribution < -0.4 is 10.3 Å². The SMILES string of the molecule is O=C(O)c1ccc(S(=O)(=O)NNC(=O)c2ccc(CSc3nc4ccccc4s3)cc2)cc1. The zero-order chi connectivity index (χ0) is 23.4. The number of carboxylic acid groups (broad SMARTS) is 1. The molecule has 11 heteroatoms. The number of thioether (sulfide) groups is 1. The lowest BCUT2D eigenvalue weighted by Gasteiger charge is -2.09. The molecule has 3 aromatic carbocycles. The van der Waals surface area contributed by atoms with Gasteiger partial charge in [-0.25, -0.2) is 18.2 Å². The highest BCUT2D eigenvalue weighted by atomic mass is 32.2. The van der Waals surface area contributed by atoms with Crippen LogP contribution in [-0.2, 0) is 15.8 Å². The number of thiazole rings is 1. The first-order valence-electron chi connectivity index (χ1n) is 9.55. The summed E-state index contributed by atoms with van der Waals surface area (Å²) in [5, 5.41) is 8.90. The Morgan fingerprint density at radius 3 is 2.27 bits per heavy atom. The number of carboxylic acids is 1. The van der Waals surface area contributed by atoms with E-state index in [-0.39, 0.29) is 16.0 Å². The zero-order valence-corrected chi connectivity index (χ0v) is 19.3. The summed E-state index contributed by atoms with van der Waals surface area (Å²) in [6.07, 6.45) is 0. The number of aromatic carboxylic acids is 1. The summed E-state index contributed by atoms with van der Waals surface area (Å²) in [6.45, 7) is 0. The summed E-state index contributed by atoms with van der Waals surface area (Å²) in [5.41, 5.74) is 4.37. The van der Waals surface area contributed by atoms with E-state index in [1.54, 1.807) is 47.4 Å². The van der Waals surface area contributed by atoms with Crippen LogP contribution in [0.1, 0.15) is 26.3 Å². The van der Waals surface area contributed by atoms with Crippen molar-refractivity contribution in [2.45, 2.75) is 15.0 Å². The number of hydrogen-bond acceptors (Lipinski definition) is 7. The molecular formula is C22H17N3O5S3. The number of aromatic nitrogens is 1. The average Bonchev–Trinajstić information content (AvgIpc) is 3.25. The number of benzene rings is 3. The van der Waals surface area contributed by atoms with E-state index in [9.17, 15) is 18.0 Å².